The van der Waals surface area contributed by atoms with Gasteiger partial charge < -0.3 is 0 Å². The predicted molar refractivity (Wildman–Crippen MR) is 59.7 cm³/mol. The van der Waals surface area contributed by atoms with Crippen LogP contribution in [0.1, 0.15) is 19.3 Å². The fraction of sp³-hybridized carbons (Fsp3) is 0.625. The van der Waals surface area contributed by atoms with Crippen molar-refractivity contribution in [2.75, 3.05) is 7.05 Å². The minimum absolute atomic E-state index is 0.149. The van der Waals surface area contributed by atoms with E-state index in [9.17, 15) is 8.42 Å². The summed E-state index contributed by atoms with van der Waals surface area (Å²) in [5.74, 6) is 0. The van der Waals surface area contributed by atoms with Gasteiger partial charge in [0.1, 0.15) is 0 Å². The first-order chi connectivity index (χ1) is 7.01. The van der Waals surface area contributed by atoms with E-state index < -0.39 is 10.0 Å². The van der Waals surface area contributed by atoms with Gasteiger partial charge in [-0.25, -0.2) is 13.4 Å². The lowest BCUT2D eigenvalue weighted by Crippen LogP contribution is -2.40. The fourth-order valence-corrected chi connectivity index (χ4v) is 4.34. The molecule has 2 rings (SSSR count). The van der Waals surface area contributed by atoms with Crippen LogP contribution in [0.25, 0.3) is 0 Å². The minimum Gasteiger partial charge on any atom is -0.232 e. The van der Waals surface area contributed by atoms with Crippen molar-refractivity contribution in [1.82, 2.24) is 9.29 Å². The molecule has 7 heteroatoms. The number of halogens is 1. The fourth-order valence-electron chi connectivity index (χ4n) is 1.45. The van der Waals surface area contributed by atoms with Gasteiger partial charge >= 0.3 is 0 Å². The number of sulfonamides is 1. The Bertz CT molecular complexity index is 453. The molecule has 1 aromatic rings. The molecule has 0 radical (unpaired) electrons. The van der Waals surface area contributed by atoms with Crippen LogP contribution in [0, 0.1) is 0 Å². The molecule has 1 aliphatic carbocycles. The molecule has 84 valence electrons. The van der Waals surface area contributed by atoms with Gasteiger partial charge in [0.15, 0.2) is 8.68 Å². The van der Waals surface area contributed by atoms with Gasteiger partial charge in [0, 0.05) is 13.1 Å². The Morgan fingerprint density at radius 2 is 2.27 bits per heavy atom. The van der Waals surface area contributed by atoms with Gasteiger partial charge in [-0.3, -0.25) is 0 Å². The molecule has 0 unspecified atom stereocenters. The van der Waals surface area contributed by atoms with Crippen molar-refractivity contribution >= 4 is 33.0 Å². The van der Waals surface area contributed by atoms with E-state index in [-0.39, 0.29) is 14.7 Å². The van der Waals surface area contributed by atoms with Gasteiger partial charge in [-0.05, 0) is 12.8 Å². The minimum atomic E-state index is -3.37. The molecular formula is C8H11ClN2O2S2. The normalized spacial score (nSPS) is 18.1. The van der Waals surface area contributed by atoms with Gasteiger partial charge in [-0.15, -0.1) is 0 Å². The first-order valence-corrected chi connectivity index (χ1v) is 7.24. The molecule has 1 saturated carbocycles. The molecule has 0 bridgehead atoms. The predicted octanol–water partition coefficient (Wildman–Crippen LogP) is 1.97. The number of aromatic nitrogens is 1. The summed E-state index contributed by atoms with van der Waals surface area (Å²) < 4.78 is 25.9. The smallest absolute Gasteiger partial charge is 0.232 e. The third-order valence-corrected chi connectivity index (χ3v) is 6.14. The highest BCUT2D eigenvalue weighted by Crippen LogP contribution is 2.31. The molecule has 1 aromatic heterocycles. The maximum Gasteiger partial charge on any atom is 0.254 e. The monoisotopic (exact) mass is 266 g/mol. The Morgan fingerprint density at radius 1 is 1.60 bits per heavy atom. The van der Waals surface area contributed by atoms with Crippen molar-refractivity contribution < 1.29 is 8.42 Å². The lowest BCUT2D eigenvalue weighted by atomic mass is 9.94. The van der Waals surface area contributed by atoms with E-state index in [2.05, 4.69) is 4.98 Å². The molecule has 4 nitrogen and oxygen atoms in total. The first kappa shape index (κ1) is 11.3. The van der Waals surface area contributed by atoms with Crippen LogP contribution in [0.5, 0.6) is 0 Å². The number of rotatable bonds is 3. The molecule has 1 heterocycles. The average molecular weight is 267 g/mol. The van der Waals surface area contributed by atoms with Crippen molar-refractivity contribution in [1.29, 1.82) is 0 Å². The topological polar surface area (TPSA) is 50.3 Å². The lowest BCUT2D eigenvalue weighted by Gasteiger charge is -2.33. The Labute approximate surface area is 97.9 Å². The van der Waals surface area contributed by atoms with E-state index in [1.54, 1.807) is 7.05 Å². The summed E-state index contributed by atoms with van der Waals surface area (Å²) in [4.78, 5) is 3.75. The molecule has 0 aromatic carbocycles. The maximum absolute atomic E-state index is 12.0. The zero-order chi connectivity index (χ0) is 11.1. The highest BCUT2D eigenvalue weighted by Gasteiger charge is 2.32. The van der Waals surface area contributed by atoms with Crippen LogP contribution in [0.2, 0.25) is 4.47 Å². The van der Waals surface area contributed by atoms with E-state index >= 15 is 0 Å². The molecule has 0 saturated heterocycles. The molecule has 0 N–H and O–H groups in total. The number of hydrogen-bond acceptors (Lipinski definition) is 4. The van der Waals surface area contributed by atoms with Crippen LogP contribution in [0.15, 0.2) is 10.4 Å². The Balaban J connectivity index is 2.26. The summed E-state index contributed by atoms with van der Waals surface area (Å²) in [5.41, 5.74) is 0. The summed E-state index contributed by atoms with van der Waals surface area (Å²) >= 11 is 6.62. The van der Waals surface area contributed by atoms with Crippen LogP contribution in [-0.4, -0.2) is 30.8 Å². The van der Waals surface area contributed by atoms with Crippen molar-refractivity contribution in [3.63, 3.8) is 0 Å². The van der Waals surface area contributed by atoms with E-state index in [1.807, 2.05) is 0 Å². The Hall–Kier alpha value is -0.170. The van der Waals surface area contributed by atoms with Crippen molar-refractivity contribution in [2.24, 2.45) is 0 Å². The van der Waals surface area contributed by atoms with Crippen molar-refractivity contribution in [3.8, 4) is 0 Å². The quantitative estimate of drug-likeness (QED) is 0.841. The van der Waals surface area contributed by atoms with Gasteiger partial charge in [-0.1, -0.05) is 29.4 Å². The highest BCUT2D eigenvalue weighted by molar-refractivity contribution is 7.91. The van der Waals surface area contributed by atoms with Gasteiger partial charge in [0.25, 0.3) is 10.0 Å². The first-order valence-electron chi connectivity index (χ1n) is 4.61. The van der Waals surface area contributed by atoms with Crippen LogP contribution in [0.3, 0.4) is 0 Å². The summed E-state index contributed by atoms with van der Waals surface area (Å²) in [5, 5.41) is 0. The maximum atomic E-state index is 12.0. The number of hydrogen-bond donors (Lipinski definition) is 0. The largest absolute Gasteiger partial charge is 0.254 e. The molecule has 1 aliphatic rings. The standard InChI is InChI=1S/C8H11ClN2O2S2/c1-11(6-3-2-4-6)15(12,13)7-5-10-8(9)14-7/h5-6H,2-4H2,1H3. The number of nitrogens with zero attached hydrogens (tertiary/aromatic N) is 2. The summed E-state index contributed by atoms with van der Waals surface area (Å²) in [6.45, 7) is 0. The third-order valence-electron chi connectivity index (χ3n) is 2.68. The van der Waals surface area contributed by atoms with E-state index in [0.717, 1.165) is 30.6 Å². The Morgan fingerprint density at radius 3 is 2.67 bits per heavy atom. The summed E-state index contributed by atoms with van der Waals surface area (Å²) in [7, 11) is -1.76. The zero-order valence-corrected chi connectivity index (χ0v) is 10.6. The van der Waals surface area contributed by atoms with E-state index in [1.165, 1.54) is 10.5 Å². The average Bonchev–Trinajstić information content (AvgIpc) is 2.49. The number of thiazole rings is 1. The van der Waals surface area contributed by atoms with E-state index in [4.69, 9.17) is 11.6 Å². The third kappa shape index (κ3) is 2.04. The molecule has 0 aliphatic heterocycles. The molecular weight excluding hydrogens is 256 g/mol. The van der Waals surface area contributed by atoms with Crippen molar-refractivity contribution in [3.05, 3.63) is 10.7 Å². The van der Waals surface area contributed by atoms with Crippen LogP contribution in [-0.2, 0) is 10.0 Å². The molecule has 0 atom stereocenters. The molecule has 0 amide bonds. The SMILES string of the molecule is CN(C1CCC1)S(=O)(=O)c1cnc(Cl)s1. The zero-order valence-electron chi connectivity index (χ0n) is 8.18. The second-order valence-corrected chi connectivity index (χ2v) is 7.38. The second-order valence-electron chi connectivity index (χ2n) is 3.54. The van der Waals surface area contributed by atoms with Gasteiger partial charge in [-0.2, -0.15) is 4.31 Å². The van der Waals surface area contributed by atoms with E-state index in [0.29, 0.717) is 0 Å². The highest BCUT2D eigenvalue weighted by atomic mass is 35.5. The Kier molecular flexibility index (Phi) is 3.03. The summed E-state index contributed by atoms with van der Waals surface area (Å²) in [6.07, 6.45) is 4.32. The molecule has 15 heavy (non-hydrogen) atoms. The van der Waals surface area contributed by atoms with Gasteiger partial charge in [0.05, 0.1) is 6.20 Å². The van der Waals surface area contributed by atoms with Crippen LogP contribution >= 0.6 is 22.9 Å². The second kappa shape index (κ2) is 4.01. The van der Waals surface area contributed by atoms with Crippen molar-refractivity contribution in [2.45, 2.75) is 29.5 Å². The lowest BCUT2D eigenvalue weighted by molar-refractivity contribution is 0.250. The molecule has 0 spiro atoms. The molecule has 1 fully saturated rings. The summed E-state index contributed by atoms with van der Waals surface area (Å²) in [6, 6.07) is 0.149. The van der Waals surface area contributed by atoms with Gasteiger partial charge in [0.2, 0.25) is 0 Å². The van der Waals surface area contributed by atoms with Crippen LogP contribution in [0.4, 0.5) is 0 Å². The van der Waals surface area contributed by atoms with Crippen LogP contribution < -0.4 is 0 Å².